The van der Waals surface area contributed by atoms with Gasteiger partial charge in [0.25, 0.3) is 5.91 Å². The smallest absolute Gasteiger partial charge is 0.497 e. The fraction of sp³-hybridized carbons (Fsp3) is 0.211. The molecule has 1 aromatic carbocycles. The molecule has 0 saturated heterocycles. The van der Waals surface area contributed by atoms with Crippen molar-refractivity contribution in [1.29, 1.82) is 0 Å². The molecule has 0 unspecified atom stereocenters. The van der Waals surface area contributed by atoms with E-state index in [-0.39, 0.29) is 23.6 Å². The van der Waals surface area contributed by atoms with Crippen LogP contribution in [0, 0.1) is 0 Å². The van der Waals surface area contributed by atoms with Crippen LogP contribution >= 0.6 is 11.3 Å². The maximum absolute atomic E-state index is 12.8. The molecule has 0 aliphatic rings. The lowest BCUT2D eigenvalue weighted by molar-refractivity contribution is 0.102. The van der Waals surface area contributed by atoms with E-state index < -0.39 is 6.16 Å². The van der Waals surface area contributed by atoms with Gasteiger partial charge in [-0.1, -0.05) is 0 Å². The van der Waals surface area contributed by atoms with E-state index in [1.807, 2.05) is 32.0 Å². The first-order chi connectivity index (χ1) is 13.4. The SMILES string of the molecule is COc1ccc2sc(C(=O)Nc3ccc(OC(=O)O)cn3)c(OC(C)C)c2c1. The number of hydrogen-bond acceptors (Lipinski definition) is 7. The van der Waals surface area contributed by atoms with Gasteiger partial charge in [-0.15, -0.1) is 11.3 Å². The predicted molar refractivity (Wildman–Crippen MR) is 105 cm³/mol. The van der Waals surface area contributed by atoms with E-state index in [2.05, 4.69) is 15.0 Å². The Bertz CT molecular complexity index is 1010. The highest BCUT2D eigenvalue weighted by Gasteiger charge is 2.22. The second-order valence-corrected chi connectivity index (χ2v) is 7.04. The lowest BCUT2D eigenvalue weighted by atomic mass is 10.2. The third-order valence-electron chi connectivity index (χ3n) is 3.59. The Kier molecular flexibility index (Phi) is 5.65. The van der Waals surface area contributed by atoms with Crippen molar-refractivity contribution in [3.8, 4) is 17.2 Å². The van der Waals surface area contributed by atoms with E-state index >= 15 is 0 Å². The van der Waals surface area contributed by atoms with Crippen LogP contribution in [0.2, 0.25) is 0 Å². The van der Waals surface area contributed by atoms with E-state index in [1.54, 1.807) is 7.11 Å². The number of carboxylic acid groups (broad SMARTS) is 1. The number of anilines is 1. The number of hydrogen-bond donors (Lipinski definition) is 2. The van der Waals surface area contributed by atoms with Crippen LogP contribution < -0.4 is 19.5 Å². The molecule has 0 aliphatic carbocycles. The van der Waals surface area contributed by atoms with Gasteiger partial charge in [-0.25, -0.2) is 9.78 Å². The second kappa shape index (κ2) is 8.13. The Morgan fingerprint density at radius 3 is 2.54 bits per heavy atom. The molecule has 0 aliphatic heterocycles. The molecule has 2 heterocycles. The topological polar surface area (TPSA) is 107 Å². The van der Waals surface area contributed by atoms with Crippen LogP contribution in [-0.4, -0.2) is 35.4 Å². The normalized spacial score (nSPS) is 10.7. The van der Waals surface area contributed by atoms with Crippen molar-refractivity contribution in [2.45, 2.75) is 20.0 Å². The average Bonchev–Trinajstić information content (AvgIpc) is 3.00. The molecule has 0 fully saturated rings. The molecule has 2 N–H and O–H groups in total. The number of aromatic nitrogens is 1. The summed E-state index contributed by atoms with van der Waals surface area (Å²) < 4.78 is 16.6. The first kappa shape index (κ1) is 19.4. The van der Waals surface area contributed by atoms with Gasteiger partial charge in [0.05, 0.1) is 19.4 Å². The minimum Gasteiger partial charge on any atom is -0.497 e. The molecule has 1 amide bonds. The molecule has 3 aromatic rings. The van der Waals surface area contributed by atoms with Gasteiger partial charge in [-0.05, 0) is 44.2 Å². The molecule has 0 radical (unpaired) electrons. The van der Waals surface area contributed by atoms with Gasteiger partial charge in [-0.2, -0.15) is 0 Å². The number of nitrogens with one attached hydrogen (secondary N) is 1. The molecule has 2 aromatic heterocycles. The highest BCUT2D eigenvalue weighted by molar-refractivity contribution is 7.21. The zero-order valence-electron chi connectivity index (χ0n) is 15.4. The quantitative estimate of drug-likeness (QED) is 0.588. The lowest BCUT2D eigenvalue weighted by Crippen LogP contribution is -2.14. The number of amides is 1. The van der Waals surface area contributed by atoms with Crippen molar-refractivity contribution < 1.29 is 28.9 Å². The largest absolute Gasteiger partial charge is 0.511 e. The van der Waals surface area contributed by atoms with Crippen LogP contribution in [0.3, 0.4) is 0 Å². The third-order valence-corrected chi connectivity index (χ3v) is 4.74. The Hall–Kier alpha value is -3.33. The van der Waals surface area contributed by atoms with Crippen molar-refractivity contribution in [1.82, 2.24) is 4.98 Å². The van der Waals surface area contributed by atoms with Crippen molar-refractivity contribution >= 4 is 39.3 Å². The third kappa shape index (κ3) is 4.32. The summed E-state index contributed by atoms with van der Waals surface area (Å²) >= 11 is 1.30. The van der Waals surface area contributed by atoms with Crippen LogP contribution in [0.1, 0.15) is 23.5 Å². The van der Waals surface area contributed by atoms with E-state index in [0.29, 0.717) is 16.4 Å². The van der Waals surface area contributed by atoms with Crippen LogP contribution in [0.25, 0.3) is 10.1 Å². The summed E-state index contributed by atoms with van der Waals surface area (Å²) in [4.78, 5) is 27.8. The van der Waals surface area contributed by atoms with Crippen LogP contribution in [-0.2, 0) is 0 Å². The van der Waals surface area contributed by atoms with E-state index in [0.717, 1.165) is 10.1 Å². The number of benzene rings is 1. The summed E-state index contributed by atoms with van der Waals surface area (Å²) in [7, 11) is 1.58. The Morgan fingerprint density at radius 1 is 1.18 bits per heavy atom. The van der Waals surface area contributed by atoms with Gasteiger partial charge in [0.2, 0.25) is 0 Å². The number of pyridine rings is 1. The molecular formula is C19H18N2O6S. The van der Waals surface area contributed by atoms with E-state index in [1.165, 1.54) is 29.7 Å². The van der Waals surface area contributed by atoms with E-state index in [9.17, 15) is 9.59 Å². The first-order valence-electron chi connectivity index (χ1n) is 8.32. The van der Waals surface area contributed by atoms with Gasteiger partial charge in [0.1, 0.15) is 16.4 Å². The number of carbonyl (C=O) groups excluding carboxylic acids is 1. The average molecular weight is 402 g/mol. The summed E-state index contributed by atoms with van der Waals surface area (Å²) in [5.41, 5.74) is 0. The molecular weight excluding hydrogens is 384 g/mol. The van der Waals surface area contributed by atoms with Crippen LogP contribution in [0.5, 0.6) is 17.2 Å². The number of thiophene rings is 1. The maximum atomic E-state index is 12.8. The highest BCUT2D eigenvalue weighted by atomic mass is 32.1. The summed E-state index contributed by atoms with van der Waals surface area (Å²) in [6, 6.07) is 8.38. The molecule has 0 spiro atoms. The van der Waals surface area contributed by atoms with Gasteiger partial charge in [0, 0.05) is 10.1 Å². The number of nitrogens with zero attached hydrogens (tertiary/aromatic N) is 1. The fourth-order valence-corrected chi connectivity index (χ4v) is 3.48. The second-order valence-electron chi connectivity index (χ2n) is 5.99. The van der Waals surface area contributed by atoms with Crippen molar-refractivity contribution in [3.63, 3.8) is 0 Å². The number of methoxy groups -OCH3 is 1. The minimum atomic E-state index is -1.44. The van der Waals surface area contributed by atoms with Gasteiger partial charge < -0.3 is 24.6 Å². The standard InChI is InChI=1S/C19H18N2O6S/c1-10(2)26-16-13-8-11(25-3)4-6-14(13)28-17(16)18(22)21-15-7-5-12(9-20-15)27-19(23)24/h4-10H,1-3H3,(H,23,24)(H,20,21,22). The van der Waals surface area contributed by atoms with Crippen molar-refractivity contribution in [2.75, 3.05) is 12.4 Å². The molecule has 8 nitrogen and oxygen atoms in total. The van der Waals surface area contributed by atoms with Gasteiger partial charge in [-0.3, -0.25) is 4.79 Å². The fourth-order valence-electron chi connectivity index (χ4n) is 2.47. The number of fused-ring (bicyclic) bond motifs is 1. The maximum Gasteiger partial charge on any atom is 0.511 e. The summed E-state index contributed by atoms with van der Waals surface area (Å²) in [5, 5.41) is 12.1. The first-order valence-corrected chi connectivity index (χ1v) is 9.14. The summed E-state index contributed by atoms with van der Waals surface area (Å²) in [5.74, 6) is 1.09. The Labute approximate surface area is 164 Å². The minimum absolute atomic E-state index is 0.0586. The molecule has 28 heavy (non-hydrogen) atoms. The van der Waals surface area contributed by atoms with Crippen LogP contribution in [0.15, 0.2) is 36.5 Å². The zero-order valence-corrected chi connectivity index (χ0v) is 16.2. The van der Waals surface area contributed by atoms with Crippen molar-refractivity contribution in [2.24, 2.45) is 0 Å². The molecule has 0 atom stereocenters. The summed E-state index contributed by atoms with van der Waals surface area (Å²) in [6.07, 6.45) is -0.346. The van der Waals surface area contributed by atoms with Crippen molar-refractivity contribution in [3.05, 3.63) is 41.4 Å². The number of rotatable bonds is 6. The molecule has 146 valence electrons. The van der Waals surface area contributed by atoms with Gasteiger partial charge in [0.15, 0.2) is 11.5 Å². The molecule has 0 saturated carbocycles. The predicted octanol–water partition coefficient (Wildman–Crippen LogP) is 4.40. The Balaban J connectivity index is 1.90. The Morgan fingerprint density at radius 2 is 1.93 bits per heavy atom. The van der Waals surface area contributed by atoms with Crippen LogP contribution in [0.4, 0.5) is 10.6 Å². The molecule has 3 rings (SSSR count). The number of ether oxygens (including phenoxy) is 3. The van der Waals surface area contributed by atoms with E-state index in [4.69, 9.17) is 14.6 Å². The highest BCUT2D eigenvalue weighted by Crippen LogP contribution is 2.40. The zero-order chi connectivity index (χ0) is 20.3. The molecule has 9 heteroatoms. The van der Waals surface area contributed by atoms with Gasteiger partial charge >= 0.3 is 6.16 Å². The number of carbonyl (C=O) groups is 2. The summed E-state index contributed by atoms with van der Waals surface area (Å²) in [6.45, 7) is 3.77. The lowest BCUT2D eigenvalue weighted by Gasteiger charge is -2.11. The molecule has 0 bridgehead atoms. The monoisotopic (exact) mass is 402 g/mol.